The van der Waals surface area contributed by atoms with Crippen LogP contribution >= 0.6 is 0 Å². The van der Waals surface area contributed by atoms with Crippen LogP contribution in [0.2, 0.25) is 0 Å². The zero-order chi connectivity index (χ0) is 27.8. The molecule has 2 aliphatic rings. The SMILES string of the molecule is CCCCN(CCCCN(C)C)C(=O)CN1C[C@H](c2ccc3c(c2)CCO3)C(C(=O)O)[C@@H]1CCn1ccnc1. The largest absolute Gasteiger partial charge is 0.493 e. The maximum absolute atomic E-state index is 13.7. The first-order valence-electron chi connectivity index (χ1n) is 14.5. The molecular formula is C30H45N5O4. The molecule has 2 aliphatic heterocycles. The molecule has 1 N–H and O–H groups in total. The number of likely N-dealkylation sites (tertiary alicyclic amines) is 1. The van der Waals surface area contributed by atoms with Crippen LogP contribution in [0.1, 0.15) is 56.1 Å². The second-order valence-electron chi connectivity index (χ2n) is 11.3. The Morgan fingerprint density at radius 1 is 1.15 bits per heavy atom. The van der Waals surface area contributed by atoms with Crippen molar-refractivity contribution in [1.82, 2.24) is 24.3 Å². The van der Waals surface area contributed by atoms with Gasteiger partial charge in [-0.05, 0) is 63.5 Å². The van der Waals surface area contributed by atoms with Gasteiger partial charge in [0, 0.05) is 57.0 Å². The summed E-state index contributed by atoms with van der Waals surface area (Å²) in [7, 11) is 4.14. The van der Waals surface area contributed by atoms with Gasteiger partial charge in [0.15, 0.2) is 0 Å². The summed E-state index contributed by atoms with van der Waals surface area (Å²) in [6.07, 6.45) is 10.9. The summed E-state index contributed by atoms with van der Waals surface area (Å²) < 4.78 is 7.67. The second kappa shape index (κ2) is 13.9. The van der Waals surface area contributed by atoms with Gasteiger partial charge in [0.05, 0.1) is 25.4 Å². The summed E-state index contributed by atoms with van der Waals surface area (Å²) in [4.78, 5) is 36.9. The van der Waals surface area contributed by atoms with Gasteiger partial charge in [0.25, 0.3) is 0 Å². The molecule has 1 aromatic heterocycles. The molecule has 1 unspecified atom stereocenters. The third kappa shape index (κ3) is 7.60. The highest BCUT2D eigenvalue weighted by Crippen LogP contribution is 2.41. The summed E-state index contributed by atoms with van der Waals surface area (Å²) in [5.74, 6) is -0.570. The van der Waals surface area contributed by atoms with Crippen LogP contribution in [0.15, 0.2) is 36.9 Å². The second-order valence-corrected chi connectivity index (χ2v) is 11.3. The molecule has 0 aliphatic carbocycles. The van der Waals surface area contributed by atoms with Crippen molar-refractivity contribution in [3.63, 3.8) is 0 Å². The number of carbonyl (C=O) groups excluding carboxylic acids is 1. The lowest BCUT2D eigenvalue weighted by molar-refractivity contribution is -0.144. The Labute approximate surface area is 232 Å². The minimum Gasteiger partial charge on any atom is -0.493 e. The molecule has 1 saturated heterocycles. The van der Waals surface area contributed by atoms with E-state index in [0.29, 0.717) is 26.1 Å². The van der Waals surface area contributed by atoms with E-state index in [2.05, 4.69) is 41.9 Å². The van der Waals surface area contributed by atoms with Gasteiger partial charge in [-0.15, -0.1) is 0 Å². The number of hydrogen-bond donors (Lipinski definition) is 1. The van der Waals surface area contributed by atoms with E-state index in [0.717, 1.165) is 68.6 Å². The topological polar surface area (TPSA) is 91.1 Å². The Bertz CT molecular complexity index is 1070. The van der Waals surface area contributed by atoms with Gasteiger partial charge in [-0.2, -0.15) is 0 Å². The highest BCUT2D eigenvalue weighted by Gasteiger charge is 2.47. The summed E-state index contributed by atoms with van der Waals surface area (Å²) in [5.41, 5.74) is 2.17. The van der Waals surface area contributed by atoms with Crippen LogP contribution in [0.5, 0.6) is 5.75 Å². The first kappa shape index (κ1) is 29.1. The molecule has 1 amide bonds. The van der Waals surface area contributed by atoms with Crippen molar-refractivity contribution in [3.05, 3.63) is 48.0 Å². The van der Waals surface area contributed by atoms with Gasteiger partial charge in [0.2, 0.25) is 5.91 Å². The molecule has 0 spiro atoms. The fourth-order valence-corrected chi connectivity index (χ4v) is 6.04. The summed E-state index contributed by atoms with van der Waals surface area (Å²) in [6, 6.07) is 5.87. The maximum Gasteiger partial charge on any atom is 0.308 e. The van der Waals surface area contributed by atoms with Crippen molar-refractivity contribution >= 4 is 11.9 Å². The Kier molecular flexibility index (Phi) is 10.4. The molecule has 3 heterocycles. The molecule has 214 valence electrons. The number of amides is 1. The number of ether oxygens (including phenoxy) is 1. The van der Waals surface area contributed by atoms with Crippen molar-refractivity contribution in [1.29, 1.82) is 0 Å². The van der Waals surface area contributed by atoms with Crippen molar-refractivity contribution in [2.24, 2.45) is 5.92 Å². The summed E-state index contributed by atoms with van der Waals surface area (Å²) >= 11 is 0. The number of carbonyl (C=O) groups is 2. The van der Waals surface area contributed by atoms with Crippen LogP contribution in [0, 0.1) is 5.92 Å². The van der Waals surface area contributed by atoms with Crippen LogP contribution < -0.4 is 4.74 Å². The minimum absolute atomic E-state index is 0.105. The van der Waals surface area contributed by atoms with Crippen LogP contribution in [0.3, 0.4) is 0 Å². The molecule has 0 saturated carbocycles. The maximum atomic E-state index is 13.7. The highest BCUT2D eigenvalue weighted by molar-refractivity contribution is 5.79. The number of aromatic nitrogens is 2. The molecule has 1 fully saturated rings. The fourth-order valence-electron chi connectivity index (χ4n) is 6.04. The number of carboxylic acid groups (broad SMARTS) is 1. The normalized spacial score (nSPS) is 20.8. The lowest BCUT2D eigenvalue weighted by atomic mass is 9.83. The molecule has 2 aromatic rings. The first-order chi connectivity index (χ1) is 18.9. The quantitative estimate of drug-likeness (QED) is 0.347. The molecule has 0 radical (unpaired) electrons. The number of benzene rings is 1. The zero-order valence-corrected chi connectivity index (χ0v) is 23.8. The van der Waals surface area contributed by atoms with E-state index in [9.17, 15) is 14.7 Å². The van der Waals surface area contributed by atoms with Gasteiger partial charge in [-0.3, -0.25) is 14.5 Å². The Balaban J connectivity index is 1.53. The van der Waals surface area contributed by atoms with Crippen LogP contribution in [-0.2, 0) is 22.6 Å². The van der Waals surface area contributed by atoms with Crippen LogP contribution in [0.4, 0.5) is 0 Å². The number of aryl methyl sites for hydroxylation is 1. The Morgan fingerprint density at radius 2 is 1.95 bits per heavy atom. The van der Waals surface area contributed by atoms with E-state index in [1.165, 1.54) is 0 Å². The number of hydrogen-bond acceptors (Lipinski definition) is 6. The Morgan fingerprint density at radius 3 is 2.67 bits per heavy atom. The third-order valence-electron chi connectivity index (χ3n) is 8.17. The van der Waals surface area contributed by atoms with E-state index in [4.69, 9.17) is 4.74 Å². The summed E-state index contributed by atoms with van der Waals surface area (Å²) in [6.45, 7) is 6.78. The van der Waals surface area contributed by atoms with Crippen molar-refractivity contribution < 1.29 is 19.4 Å². The number of aliphatic carboxylic acids is 1. The molecule has 9 heteroatoms. The van der Waals surface area contributed by atoms with Gasteiger partial charge in [-0.1, -0.05) is 25.5 Å². The number of rotatable bonds is 15. The van der Waals surface area contributed by atoms with Crippen molar-refractivity contribution in [3.8, 4) is 5.75 Å². The van der Waals surface area contributed by atoms with Crippen LogP contribution in [0.25, 0.3) is 0 Å². The summed E-state index contributed by atoms with van der Waals surface area (Å²) in [5, 5.41) is 10.5. The molecule has 39 heavy (non-hydrogen) atoms. The number of nitrogens with zero attached hydrogens (tertiary/aromatic N) is 5. The van der Waals surface area contributed by atoms with E-state index in [1.54, 1.807) is 12.5 Å². The van der Waals surface area contributed by atoms with E-state index in [1.807, 2.05) is 27.8 Å². The van der Waals surface area contributed by atoms with Crippen molar-refractivity contribution in [2.75, 3.05) is 53.4 Å². The zero-order valence-electron chi connectivity index (χ0n) is 23.8. The molecule has 9 nitrogen and oxygen atoms in total. The monoisotopic (exact) mass is 539 g/mol. The third-order valence-corrected chi connectivity index (χ3v) is 8.17. The fraction of sp³-hybridized carbons (Fsp3) is 0.633. The predicted octanol–water partition coefficient (Wildman–Crippen LogP) is 3.35. The standard InChI is InChI=1S/C30H45N5O4/c1-4-5-14-34(15-7-6-13-32(2)3)28(36)21-35-20-25(23-8-9-27-24(19-23)11-18-39-27)29(30(37)38)26(35)10-16-33-17-12-31-22-33/h8-9,12,17,19,22,25-26,29H,4-7,10-11,13-16,18,20-21H2,1-3H3,(H,37,38)/t25-,26+,29?/m1/s1. The van der Waals surface area contributed by atoms with E-state index >= 15 is 0 Å². The van der Waals surface area contributed by atoms with Crippen molar-refractivity contribution in [2.45, 2.75) is 64.0 Å². The van der Waals surface area contributed by atoms with Crippen LogP contribution in [-0.4, -0.2) is 101 Å². The number of imidazole rings is 1. The number of unbranched alkanes of at least 4 members (excludes halogenated alkanes) is 2. The molecule has 0 bridgehead atoms. The smallest absolute Gasteiger partial charge is 0.308 e. The molecule has 1 aromatic carbocycles. The number of carboxylic acids is 1. The van der Waals surface area contributed by atoms with E-state index in [-0.39, 0.29) is 24.4 Å². The van der Waals surface area contributed by atoms with Gasteiger partial charge in [-0.25, -0.2) is 4.98 Å². The molecule has 3 atom stereocenters. The highest BCUT2D eigenvalue weighted by atomic mass is 16.5. The van der Waals surface area contributed by atoms with Gasteiger partial charge in [0.1, 0.15) is 5.75 Å². The predicted molar refractivity (Wildman–Crippen MR) is 151 cm³/mol. The number of fused-ring (bicyclic) bond motifs is 1. The van der Waals surface area contributed by atoms with E-state index < -0.39 is 11.9 Å². The average Bonchev–Trinajstić information content (AvgIpc) is 3.66. The van der Waals surface area contributed by atoms with Gasteiger partial charge >= 0.3 is 5.97 Å². The van der Waals surface area contributed by atoms with Gasteiger partial charge < -0.3 is 24.2 Å². The molecular weight excluding hydrogens is 494 g/mol. The lowest BCUT2D eigenvalue weighted by Crippen LogP contribution is -2.45. The first-order valence-corrected chi connectivity index (χ1v) is 14.5. The minimum atomic E-state index is -0.797. The lowest BCUT2D eigenvalue weighted by Gasteiger charge is -2.30. The molecule has 4 rings (SSSR count). The Hall–Kier alpha value is -2.91. The average molecular weight is 540 g/mol.